The van der Waals surface area contributed by atoms with E-state index in [1.54, 1.807) is 4.90 Å². The summed E-state index contributed by atoms with van der Waals surface area (Å²) in [6, 6.07) is 9.66. The van der Waals surface area contributed by atoms with E-state index in [-0.39, 0.29) is 30.3 Å². The number of aromatic nitrogens is 1. The van der Waals surface area contributed by atoms with Crippen LogP contribution in [0, 0.1) is 19.8 Å². The monoisotopic (exact) mass is 367 g/mol. The van der Waals surface area contributed by atoms with E-state index >= 15 is 0 Å². The molecule has 6 nitrogen and oxygen atoms in total. The number of hydrogen-bond acceptors (Lipinski definition) is 3. The van der Waals surface area contributed by atoms with Crippen molar-refractivity contribution in [1.29, 1.82) is 0 Å². The number of carbonyl (C=O) groups is 2. The summed E-state index contributed by atoms with van der Waals surface area (Å²) in [5.74, 6) is -0.646. The third-order valence-electron chi connectivity index (χ3n) is 5.09. The summed E-state index contributed by atoms with van der Waals surface area (Å²) in [4.78, 5) is 41.6. The van der Waals surface area contributed by atoms with Crippen LogP contribution < -0.4 is 15.8 Å². The number of para-hydroxylation sites is 1. The van der Waals surface area contributed by atoms with Crippen molar-refractivity contribution in [2.24, 2.45) is 5.92 Å². The number of anilines is 1. The number of amides is 2. The predicted octanol–water partition coefficient (Wildman–Crippen LogP) is 2.22. The molecule has 0 radical (unpaired) electrons. The van der Waals surface area contributed by atoms with Gasteiger partial charge in [0.25, 0.3) is 5.56 Å². The highest BCUT2D eigenvalue weighted by Crippen LogP contribution is 2.28. The Labute approximate surface area is 158 Å². The van der Waals surface area contributed by atoms with Crippen LogP contribution in [-0.4, -0.2) is 23.3 Å². The Morgan fingerprint density at radius 2 is 2.00 bits per heavy atom. The van der Waals surface area contributed by atoms with E-state index in [9.17, 15) is 14.4 Å². The molecule has 2 N–H and O–H groups in total. The molecule has 1 atom stereocenters. The van der Waals surface area contributed by atoms with Gasteiger partial charge in [-0.3, -0.25) is 14.4 Å². The fraction of sp³-hybridized carbons (Fsp3) is 0.381. The first kappa shape index (κ1) is 18.9. The first-order valence-electron chi connectivity index (χ1n) is 9.26. The largest absolute Gasteiger partial charge is 0.351 e. The second-order valence-corrected chi connectivity index (χ2v) is 7.05. The van der Waals surface area contributed by atoms with Crippen molar-refractivity contribution in [2.45, 2.75) is 40.2 Å². The number of rotatable bonds is 5. The van der Waals surface area contributed by atoms with Gasteiger partial charge in [0, 0.05) is 36.5 Å². The van der Waals surface area contributed by atoms with Gasteiger partial charge in [-0.2, -0.15) is 0 Å². The summed E-state index contributed by atoms with van der Waals surface area (Å²) >= 11 is 0. The SMILES string of the molecule is CCc1ccccc1N1CC(C(=O)NCc2c(C)cc(C)[nH]c2=O)CC1=O. The lowest BCUT2D eigenvalue weighted by Crippen LogP contribution is -2.34. The number of aromatic amines is 1. The summed E-state index contributed by atoms with van der Waals surface area (Å²) in [6.07, 6.45) is 1.01. The number of carbonyl (C=O) groups excluding carboxylic acids is 2. The Kier molecular flexibility index (Phi) is 5.44. The number of pyridine rings is 1. The van der Waals surface area contributed by atoms with E-state index in [2.05, 4.69) is 10.3 Å². The maximum atomic E-state index is 12.6. The molecule has 0 saturated carbocycles. The minimum atomic E-state index is -0.410. The molecule has 6 heteroatoms. The van der Waals surface area contributed by atoms with E-state index in [1.807, 2.05) is 51.1 Å². The van der Waals surface area contributed by atoms with Crippen molar-refractivity contribution >= 4 is 17.5 Å². The van der Waals surface area contributed by atoms with Crippen molar-refractivity contribution in [3.8, 4) is 0 Å². The van der Waals surface area contributed by atoms with E-state index in [1.165, 1.54) is 0 Å². The number of hydrogen-bond donors (Lipinski definition) is 2. The maximum absolute atomic E-state index is 12.6. The second-order valence-electron chi connectivity index (χ2n) is 7.05. The molecule has 0 spiro atoms. The first-order chi connectivity index (χ1) is 12.9. The van der Waals surface area contributed by atoms with Crippen molar-refractivity contribution < 1.29 is 9.59 Å². The number of nitrogens with one attached hydrogen (secondary N) is 2. The molecule has 1 aliphatic rings. The highest BCUT2D eigenvalue weighted by molar-refractivity contribution is 6.00. The van der Waals surface area contributed by atoms with Crippen molar-refractivity contribution in [1.82, 2.24) is 10.3 Å². The molecule has 1 aliphatic heterocycles. The van der Waals surface area contributed by atoms with Crippen LogP contribution in [0.4, 0.5) is 5.69 Å². The third kappa shape index (κ3) is 3.94. The number of H-pyrrole nitrogens is 1. The molecule has 1 fully saturated rings. The molecule has 2 heterocycles. The zero-order chi connectivity index (χ0) is 19.6. The zero-order valence-electron chi connectivity index (χ0n) is 16.0. The zero-order valence-corrected chi connectivity index (χ0v) is 16.0. The van der Waals surface area contributed by atoms with Gasteiger partial charge in [0.2, 0.25) is 11.8 Å². The lowest BCUT2D eigenvalue weighted by molar-refractivity contribution is -0.126. The lowest BCUT2D eigenvalue weighted by atomic mass is 10.1. The van der Waals surface area contributed by atoms with E-state index in [4.69, 9.17) is 0 Å². The molecule has 2 amide bonds. The van der Waals surface area contributed by atoms with E-state index < -0.39 is 5.92 Å². The van der Waals surface area contributed by atoms with Crippen molar-refractivity contribution in [2.75, 3.05) is 11.4 Å². The average Bonchev–Trinajstić information content (AvgIpc) is 3.02. The fourth-order valence-corrected chi connectivity index (χ4v) is 3.61. The standard InChI is InChI=1S/C21H25N3O3/c1-4-15-7-5-6-8-18(15)24-12-16(10-19(24)25)20(26)22-11-17-13(2)9-14(3)23-21(17)27/h5-9,16H,4,10-12H2,1-3H3,(H,22,26)(H,23,27). The fourth-order valence-electron chi connectivity index (χ4n) is 3.61. The molecule has 1 aromatic heterocycles. The van der Waals surface area contributed by atoms with Gasteiger partial charge in [-0.1, -0.05) is 25.1 Å². The van der Waals surface area contributed by atoms with Gasteiger partial charge in [-0.05, 0) is 43.5 Å². The maximum Gasteiger partial charge on any atom is 0.253 e. The Morgan fingerprint density at radius 3 is 2.70 bits per heavy atom. The van der Waals surface area contributed by atoms with Crippen LogP contribution in [0.25, 0.3) is 0 Å². The van der Waals surface area contributed by atoms with Gasteiger partial charge < -0.3 is 15.2 Å². The van der Waals surface area contributed by atoms with E-state index in [0.29, 0.717) is 12.1 Å². The van der Waals surface area contributed by atoms with Crippen LogP contribution in [0.5, 0.6) is 0 Å². The first-order valence-corrected chi connectivity index (χ1v) is 9.26. The topological polar surface area (TPSA) is 82.3 Å². The predicted molar refractivity (Wildman–Crippen MR) is 105 cm³/mol. The molecule has 3 rings (SSSR count). The van der Waals surface area contributed by atoms with Gasteiger partial charge in [0.15, 0.2) is 0 Å². The third-order valence-corrected chi connectivity index (χ3v) is 5.09. The molecule has 1 saturated heterocycles. The molecule has 0 aliphatic carbocycles. The Hall–Kier alpha value is -2.89. The quantitative estimate of drug-likeness (QED) is 0.850. The van der Waals surface area contributed by atoms with Gasteiger partial charge in [0.05, 0.1) is 5.92 Å². The Balaban J connectivity index is 1.69. The Morgan fingerprint density at radius 1 is 1.26 bits per heavy atom. The summed E-state index contributed by atoms with van der Waals surface area (Å²) in [6.45, 7) is 6.25. The molecule has 0 bridgehead atoms. The number of nitrogens with zero attached hydrogens (tertiary/aromatic N) is 1. The van der Waals surface area contributed by atoms with Crippen LogP contribution in [-0.2, 0) is 22.6 Å². The normalized spacial score (nSPS) is 16.6. The smallest absolute Gasteiger partial charge is 0.253 e. The lowest BCUT2D eigenvalue weighted by Gasteiger charge is -2.20. The molecule has 2 aromatic rings. The summed E-state index contributed by atoms with van der Waals surface area (Å²) in [5, 5.41) is 2.83. The minimum Gasteiger partial charge on any atom is -0.351 e. The van der Waals surface area contributed by atoms with Gasteiger partial charge in [-0.15, -0.1) is 0 Å². The van der Waals surface area contributed by atoms with Crippen LogP contribution in [0.2, 0.25) is 0 Å². The molecule has 1 unspecified atom stereocenters. The van der Waals surface area contributed by atoms with E-state index in [0.717, 1.165) is 28.9 Å². The van der Waals surface area contributed by atoms with Crippen LogP contribution in [0.15, 0.2) is 35.1 Å². The molecular formula is C21H25N3O3. The van der Waals surface area contributed by atoms with Crippen LogP contribution >= 0.6 is 0 Å². The van der Waals surface area contributed by atoms with Gasteiger partial charge in [-0.25, -0.2) is 0 Å². The second kappa shape index (κ2) is 7.78. The van der Waals surface area contributed by atoms with Crippen LogP contribution in [0.3, 0.4) is 0 Å². The number of benzene rings is 1. The molecule has 1 aromatic carbocycles. The minimum absolute atomic E-state index is 0.0413. The average molecular weight is 367 g/mol. The molecule has 142 valence electrons. The number of aryl methyl sites for hydroxylation is 3. The summed E-state index contributed by atoms with van der Waals surface area (Å²) in [5.41, 5.74) is 3.97. The Bertz CT molecular complexity index is 933. The summed E-state index contributed by atoms with van der Waals surface area (Å²) < 4.78 is 0. The molecular weight excluding hydrogens is 342 g/mol. The highest BCUT2D eigenvalue weighted by atomic mass is 16.2. The van der Waals surface area contributed by atoms with Crippen molar-refractivity contribution in [3.63, 3.8) is 0 Å². The highest BCUT2D eigenvalue weighted by Gasteiger charge is 2.35. The van der Waals surface area contributed by atoms with Gasteiger partial charge >= 0.3 is 0 Å². The van der Waals surface area contributed by atoms with Gasteiger partial charge in [0.1, 0.15) is 0 Å². The van der Waals surface area contributed by atoms with Crippen molar-refractivity contribution in [3.05, 3.63) is 63.1 Å². The summed E-state index contributed by atoms with van der Waals surface area (Å²) in [7, 11) is 0. The van der Waals surface area contributed by atoms with Crippen LogP contribution in [0.1, 0.15) is 35.7 Å². The molecule has 27 heavy (non-hydrogen) atoms.